The van der Waals surface area contributed by atoms with E-state index in [4.69, 9.17) is 10.2 Å². The number of hydrogen-bond donors (Lipinski definition) is 2. The fraction of sp³-hybridized carbons (Fsp3) is 0.600. The molecular formula is C10H15NO2. The third kappa shape index (κ3) is 1.38. The number of furan rings is 1. The molecule has 3 N–H and O–H groups in total. The molecule has 1 aliphatic rings. The van der Waals surface area contributed by atoms with E-state index in [1.807, 2.05) is 6.07 Å². The van der Waals surface area contributed by atoms with E-state index in [0.29, 0.717) is 13.0 Å². The molecule has 1 aromatic heterocycles. The lowest BCUT2D eigenvalue weighted by Crippen LogP contribution is -2.32. The van der Waals surface area contributed by atoms with Crippen molar-refractivity contribution in [1.82, 2.24) is 0 Å². The van der Waals surface area contributed by atoms with Crippen molar-refractivity contribution in [3.63, 3.8) is 0 Å². The molecule has 72 valence electrons. The maximum absolute atomic E-state index is 10.2. The molecule has 1 atom stereocenters. The summed E-state index contributed by atoms with van der Waals surface area (Å²) in [6.45, 7) is 0.497. The Morgan fingerprint density at radius 3 is 3.23 bits per heavy atom. The number of rotatable bonds is 2. The molecule has 2 rings (SSSR count). The van der Waals surface area contributed by atoms with E-state index in [0.717, 1.165) is 30.6 Å². The molecule has 3 heteroatoms. The average molecular weight is 181 g/mol. The molecule has 1 heterocycles. The van der Waals surface area contributed by atoms with Gasteiger partial charge in [-0.3, -0.25) is 0 Å². The first-order chi connectivity index (χ1) is 6.26. The van der Waals surface area contributed by atoms with Gasteiger partial charge in [-0.15, -0.1) is 0 Å². The SMILES string of the molecule is NCCC1(O)CCCc2ccoc21. The van der Waals surface area contributed by atoms with Crippen LogP contribution in [0, 0.1) is 0 Å². The molecule has 0 bridgehead atoms. The smallest absolute Gasteiger partial charge is 0.138 e. The van der Waals surface area contributed by atoms with Gasteiger partial charge in [0, 0.05) is 0 Å². The molecule has 3 nitrogen and oxygen atoms in total. The van der Waals surface area contributed by atoms with E-state index in [1.165, 1.54) is 0 Å². The molecule has 0 spiro atoms. The lowest BCUT2D eigenvalue weighted by atomic mass is 9.82. The Bertz CT molecular complexity index is 295. The summed E-state index contributed by atoms with van der Waals surface area (Å²) >= 11 is 0. The first-order valence-electron chi connectivity index (χ1n) is 4.75. The van der Waals surface area contributed by atoms with Gasteiger partial charge in [-0.1, -0.05) is 0 Å². The molecule has 1 aliphatic carbocycles. The number of fused-ring (bicyclic) bond motifs is 1. The van der Waals surface area contributed by atoms with Gasteiger partial charge in [0.25, 0.3) is 0 Å². The fourth-order valence-electron chi connectivity index (χ4n) is 2.10. The zero-order chi connectivity index (χ0) is 9.31. The van der Waals surface area contributed by atoms with Crippen molar-refractivity contribution in [1.29, 1.82) is 0 Å². The fourth-order valence-corrected chi connectivity index (χ4v) is 2.10. The van der Waals surface area contributed by atoms with E-state index in [1.54, 1.807) is 6.26 Å². The van der Waals surface area contributed by atoms with Crippen molar-refractivity contribution in [3.05, 3.63) is 23.7 Å². The molecule has 1 unspecified atom stereocenters. The average Bonchev–Trinajstić information content (AvgIpc) is 2.54. The molecule has 0 aromatic carbocycles. The van der Waals surface area contributed by atoms with E-state index < -0.39 is 5.60 Å². The third-order valence-electron chi connectivity index (χ3n) is 2.76. The van der Waals surface area contributed by atoms with Crippen molar-refractivity contribution in [3.8, 4) is 0 Å². The Morgan fingerprint density at radius 2 is 2.46 bits per heavy atom. The lowest BCUT2D eigenvalue weighted by molar-refractivity contribution is -0.00863. The standard InChI is InChI=1S/C10H15NO2/c11-6-5-10(12)4-1-2-8-3-7-13-9(8)10/h3,7,12H,1-2,4-6,11H2. The van der Waals surface area contributed by atoms with Crippen LogP contribution < -0.4 is 5.73 Å². The van der Waals surface area contributed by atoms with Crippen molar-refractivity contribution in [2.24, 2.45) is 5.73 Å². The minimum absolute atomic E-state index is 0.497. The third-order valence-corrected chi connectivity index (χ3v) is 2.76. The minimum atomic E-state index is -0.800. The molecule has 0 amide bonds. The maximum atomic E-state index is 10.2. The van der Waals surface area contributed by atoms with Crippen LogP contribution in [0.3, 0.4) is 0 Å². The van der Waals surface area contributed by atoms with Gasteiger partial charge in [-0.05, 0) is 43.9 Å². The normalized spacial score (nSPS) is 27.2. The predicted molar refractivity (Wildman–Crippen MR) is 49.2 cm³/mol. The first-order valence-corrected chi connectivity index (χ1v) is 4.75. The van der Waals surface area contributed by atoms with Crippen LogP contribution in [0.2, 0.25) is 0 Å². The lowest BCUT2D eigenvalue weighted by Gasteiger charge is -2.30. The molecule has 0 saturated carbocycles. The second-order valence-corrected chi connectivity index (χ2v) is 3.70. The van der Waals surface area contributed by atoms with Crippen LogP contribution in [0.1, 0.15) is 30.6 Å². The number of aryl methyl sites for hydroxylation is 1. The maximum Gasteiger partial charge on any atom is 0.138 e. The van der Waals surface area contributed by atoms with Crippen LogP contribution in [0.15, 0.2) is 16.7 Å². The zero-order valence-electron chi connectivity index (χ0n) is 7.62. The highest BCUT2D eigenvalue weighted by atomic mass is 16.4. The summed E-state index contributed by atoms with van der Waals surface area (Å²) in [4.78, 5) is 0. The summed E-state index contributed by atoms with van der Waals surface area (Å²) in [6, 6.07) is 1.94. The minimum Gasteiger partial charge on any atom is -0.466 e. The van der Waals surface area contributed by atoms with Gasteiger partial charge < -0.3 is 15.3 Å². The van der Waals surface area contributed by atoms with Crippen LogP contribution in [-0.4, -0.2) is 11.7 Å². The quantitative estimate of drug-likeness (QED) is 0.719. The Balaban J connectivity index is 2.33. The van der Waals surface area contributed by atoms with Crippen LogP contribution in [0.25, 0.3) is 0 Å². The van der Waals surface area contributed by atoms with Gasteiger partial charge in [0.15, 0.2) is 0 Å². The number of hydrogen-bond acceptors (Lipinski definition) is 3. The van der Waals surface area contributed by atoms with Gasteiger partial charge in [0.1, 0.15) is 11.4 Å². The van der Waals surface area contributed by atoms with Crippen molar-refractivity contribution >= 4 is 0 Å². The topological polar surface area (TPSA) is 59.4 Å². The monoisotopic (exact) mass is 181 g/mol. The Hall–Kier alpha value is -0.800. The highest BCUT2D eigenvalue weighted by Gasteiger charge is 2.36. The van der Waals surface area contributed by atoms with Gasteiger partial charge in [-0.25, -0.2) is 0 Å². The summed E-state index contributed by atoms with van der Waals surface area (Å²) in [7, 11) is 0. The second-order valence-electron chi connectivity index (χ2n) is 3.70. The van der Waals surface area contributed by atoms with Crippen LogP contribution >= 0.6 is 0 Å². The van der Waals surface area contributed by atoms with E-state index in [-0.39, 0.29) is 0 Å². The summed E-state index contributed by atoms with van der Waals surface area (Å²) in [5.41, 5.74) is 5.81. The summed E-state index contributed by atoms with van der Waals surface area (Å²) in [5, 5.41) is 10.2. The van der Waals surface area contributed by atoms with E-state index in [9.17, 15) is 5.11 Å². The van der Waals surface area contributed by atoms with Crippen molar-refractivity contribution in [2.45, 2.75) is 31.3 Å². The first kappa shape index (κ1) is 8.78. The number of aliphatic hydroxyl groups is 1. The van der Waals surface area contributed by atoms with E-state index in [2.05, 4.69) is 0 Å². The summed E-state index contributed by atoms with van der Waals surface area (Å²) < 4.78 is 5.32. The molecule has 0 aliphatic heterocycles. The summed E-state index contributed by atoms with van der Waals surface area (Å²) in [6.07, 6.45) is 5.04. The van der Waals surface area contributed by atoms with Gasteiger partial charge in [-0.2, -0.15) is 0 Å². The van der Waals surface area contributed by atoms with Crippen LogP contribution in [0.5, 0.6) is 0 Å². The van der Waals surface area contributed by atoms with Gasteiger partial charge >= 0.3 is 0 Å². The van der Waals surface area contributed by atoms with Crippen LogP contribution in [0.4, 0.5) is 0 Å². The molecular weight excluding hydrogens is 166 g/mol. The molecule has 0 saturated heterocycles. The Morgan fingerprint density at radius 1 is 1.62 bits per heavy atom. The van der Waals surface area contributed by atoms with Gasteiger partial charge in [0.05, 0.1) is 6.26 Å². The van der Waals surface area contributed by atoms with E-state index >= 15 is 0 Å². The predicted octanol–water partition coefficient (Wildman–Crippen LogP) is 1.15. The Labute approximate surface area is 77.5 Å². The molecule has 0 fully saturated rings. The highest BCUT2D eigenvalue weighted by Crippen LogP contribution is 2.37. The van der Waals surface area contributed by atoms with Crippen molar-refractivity contribution < 1.29 is 9.52 Å². The highest BCUT2D eigenvalue weighted by molar-refractivity contribution is 5.25. The number of nitrogens with two attached hydrogens (primary N) is 1. The Kier molecular flexibility index (Phi) is 2.14. The van der Waals surface area contributed by atoms with Crippen molar-refractivity contribution in [2.75, 3.05) is 6.54 Å². The van der Waals surface area contributed by atoms with Gasteiger partial charge in [0.2, 0.25) is 0 Å². The summed E-state index contributed by atoms with van der Waals surface area (Å²) in [5.74, 6) is 0.740. The largest absolute Gasteiger partial charge is 0.466 e. The molecule has 0 radical (unpaired) electrons. The van der Waals surface area contributed by atoms with Crippen LogP contribution in [-0.2, 0) is 12.0 Å². The zero-order valence-corrected chi connectivity index (χ0v) is 7.62. The second kappa shape index (κ2) is 3.16. The molecule has 1 aromatic rings. The molecule has 13 heavy (non-hydrogen) atoms.